The summed E-state index contributed by atoms with van der Waals surface area (Å²) in [6, 6.07) is 0. The van der Waals surface area contributed by atoms with Gasteiger partial charge in [-0.1, -0.05) is 16.8 Å². The van der Waals surface area contributed by atoms with Gasteiger partial charge in [0, 0.05) is 5.02 Å². The van der Waals surface area contributed by atoms with Crippen molar-refractivity contribution in [2.75, 3.05) is 0 Å². The minimum atomic E-state index is 0.124. The van der Waals surface area contributed by atoms with Crippen LogP contribution >= 0.6 is 11.6 Å². The Labute approximate surface area is 110 Å². The molecule has 0 saturated heterocycles. The molecule has 0 aliphatic rings. The Bertz CT molecular complexity index is 579. The van der Waals surface area contributed by atoms with Gasteiger partial charge in [0.15, 0.2) is 0 Å². The highest BCUT2D eigenvalue weighted by Gasteiger charge is 2.20. The number of halogens is 1. The molecule has 1 aromatic heterocycles. The Morgan fingerprint density at radius 3 is 2.44 bits per heavy atom. The minimum absolute atomic E-state index is 0.124. The highest BCUT2D eigenvalue weighted by atomic mass is 35.5. The summed E-state index contributed by atoms with van der Waals surface area (Å²) in [6.07, 6.45) is 0. The number of hydrogen-bond acceptors (Lipinski definition) is 5. The molecular formula is C12H14ClN3O2. The Morgan fingerprint density at radius 1 is 1.22 bits per heavy atom. The molecule has 5 nitrogen and oxygen atoms in total. The maximum Gasteiger partial charge on any atom is 0.240 e. The summed E-state index contributed by atoms with van der Waals surface area (Å²) >= 11 is 6.23. The zero-order valence-corrected chi connectivity index (χ0v) is 11.2. The van der Waals surface area contributed by atoms with E-state index < -0.39 is 0 Å². The highest BCUT2D eigenvalue weighted by molar-refractivity contribution is 6.32. The van der Waals surface area contributed by atoms with E-state index in [0.717, 1.165) is 11.1 Å². The Kier molecular flexibility index (Phi) is 3.28. The van der Waals surface area contributed by atoms with Gasteiger partial charge in [-0.15, -0.1) is 0 Å². The van der Waals surface area contributed by atoms with Crippen LogP contribution in [0.25, 0.3) is 11.4 Å². The van der Waals surface area contributed by atoms with Crippen LogP contribution in [0.2, 0.25) is 5.02 Å². The molecule has 0 amide bonds. The van der Waals surface area contributed by atoms with Crippen molar-refractivity contribution in [3.05, 3.63) is 27.6 Å². The molecule has 96 valence electrons. The summed E-state index contributed by atoms with van der Waals surface area (Å²) in [7, 11) is 0. The first-order valence-electron chi connectivity index (χ1n) is 5.48. The molecule has 1 aromatic carbocycles. The fourth-order valence-corrected chi connectivity index (χ4v) is 2.05. The van der Waals surface area contributed by atoms with Gasteiger partial charge in [0.2, 0.25) is 11.7 Å². The molecule has 0 aliphatic carbocycles. The van der Waals surface area contributed by atoms with Crippen LogP contribution in [0.3, 0.4) is 0 Å². The predicted octanol–water partition coefficient (Wildman–Crippen LogP) is 2.48. The largest absolute Gasteiger partial charge is 0.507 e. The topological polar surface area (TPSA) is 85.2 Å². The predicted molar refractivity (Wildman–Crippen MR) is 68.5 cm³/mol. The highest BCUT2D eigenvalue weighted by Crippen LogP contribution is 2.40. The second-order valence-corrected chi connectivity index (χ2v) is 4.51. The molecule has 0 aliphatic heterocycles. The number of rotatable bonds is 2. The lowest BCUT2D eigenvalue weighted by atomic mass is 9.98. The Balaban J connectivity index is 2.71. The van der Waals surface area contributed by atoms with Crippen LogP contribution in [0.1, 0.15) is 22.6 Å². The number of nitrogens with zero attached hydrogens (tertiary/aromatic N) is 2. The smallest absolute Gasteiger partial charge is 0.240 e. The molecule has 0 radical (unpaired) electrons. The fourth-order valence-electron chi connectivity index (χ4n) is 1.81. The van der Waals surface area contributed by atoms with Gasteiger partial charge < -0.3 is 15.4 Å². The van der Waals surface area contributed by atoms with Crippen molar-refractivity contribution in [1.82, 2.24) is 10.1 Å². The SMILES string of the molecule is Cc1c(C)c(Cl)c(C)c(-c2noc(CN)n2)c1O. The lowest BCUT2D eigenvalue weighted by Crippen LogP contribution is -1.97. The Hall–Kier alpha value is -1.59. The van der Waals surface area contributed by atoms with Crippen LogP contribution in [0.4, 0.5) is 0 Å². The van der Waals surface area contributed by atoms with E-state index in [4.69, 9.17) is 21.9 Å². The molecule has 0 bridgehead atoms. The first-order valence-corrected chi connectivity index (χ1v) is 5.86. The zero-order chi connectivity index (χ0) is 13.4. The Morgan fingerprint density at radius 2 is 1.89 bits per heavy atom. The van der Waals surface area contributed by atoms with Crippen molar-refractivity contribution in [2.24, 2.45) is 5.73 Å². The van der Waals surface area contributed by atoms with Crippen LogP contribution < -0.4 is 5.73 Å². The maximum absolute atomic E-state index is 10.2. The lowest BCUT2D eigenvalue weighted by Gasteiger charge is -2.13. The van der Waals surface area contributed by atoms with E-state index in [1.54, 1.807) is 6.92 Å². The van der Waals surface area contributed by atoms with Crippen molar-refractivity contribution >= 4 is 11.6 Å². The standard InChI is InChI=1S/C12H14ClN3O2/c1-5-6(2)11(17)9(7(3)10(5)13)12-15-8(4-14)18-16-12/h17H,4,14H2,1-3H3. The number of aromatic nitrogens is 2. The van der Waals surface area contributed by atoms with Crippen molar-refractivity contribution in [2.45, 2.75) is 27.3 Å². The first kappa shape index (κ1) is 12.9. The van der Waals surface area contributed by atoms with Crippen LogP contribution in [-0.4, -0.2) is 15.2 Å². The number of phenols is 1. The van der Waals surface area contributed by atoms with Gasteiger partial charge in [0.1, 0.15) is 5.75 Å². The van der Waals surface area contributed by atoms with Crippen molar-refractivity contribution in [3.63, 3.8) is 0 Å². The van der Waals surface area contributed by atoms with E-state index in [9.17, 15) is 5.11 Å². The molecule has 18 heavy (non-hydrogen) atoms. The molecule has 3 N–H and O–H groups in total. The maximum atomic E-state index is 10.2. The van der Waals surface area contributed by atoms with Crippen LogP contribution in [-0.2, 0) is 6.54 Å². The van der Waals surface area contributed by atoms with Gasteiger partial charge in [-0.3, -0.25) is 0 Å². The normalized spacial score (nSPS) is 10.9. The molecule has 2 aromatic rings. The van der Waals surface area contributed by atoms with Crippen molar-refractivity contribution in [1.29, 1.82) is 0 Å². The molecule has 0 saturated carbocycles. The monoisotopic (exact) mass is 267 g/mol. The van der Waals surface area contributed by atoms with Crippen LogP contribution in [0.5, 0.6) is 5.75 Å². The first-order chi connectivity index (χ1) is 8.47. The summed E-state index contributed by atoms with van der Waals surface area (Å²) in [4.78, 5) is 4.11. The average Bonchev–Trinajstić information content (AvgIpc) is 2.83. The number of hydrogen-bond donors (Lipinski definition) is 2. The summed E-state index contributed by atoms with van der Waals surface area (Å²) < 4.78 is 4.95. The van der Waals surface area contributed by atoms with E-state index in [2.05, 4.69) is 10.1 Å². The van der Waals surface area contributed by atoms with Crippen LogP contribution in [0, 0.1) is 20.8 Å². The second-order valence-electron chi connectivity index (χ2n) is 4.13. The molecule has 1 heterocycles. The third kappa shape index (κ3) is 1.85. The van der Waals surface area contributed by atoms with Crippen molar-refractivity contribution in [3.8, 4) is 17.1 Å². The van der Waals surface area contributed by atoms with Crippen LogP contribution in [0.15, 0.2) is 4.52 Å². The fraction of sp³-hybridized carbons (Fsp3) is 0.333. The third-order valence-electron chi connectivity index (χ3n) is 3.05. The van der Waals surface area contributed by atoms with E-state index in [0.29, 0.717) is 27.9 Å². The van der Waals surface area contributed by atoms with Gasteiger partial charge >= 0.3 is 0 Å². The zero-order valence-electron chi connectivity index (χ0n) is 10.4. The molecular weight excluding hydrogens is 254 g/mol. The summed E-state index contributed by atoms with van der Waals surface area (Å²) in [6.45, 7) is 5.62. The summed E-state index contributed by atoms with van der Waals surface area (Å²) in [5, 5.41) is 14.6. The lowest BCUT2D eigenvalue weighted by molar-refractivity contribution is 0.380. The molecule has 0 unspecified atom stereocenters. The number of phenolic OH excluding ortho intramolecular Hbond substituents is 1. The number of benzene rings is 1. The van der Waals surface area contributed by atoms with Gasteiger partial charge in [0.25, 0.3) is 0 Å². The minimum Gasteiger partial charge on any atom is -0.507 e. The molecule has 0 fully saturated rings. The number of nitrogens with two attached hydrogens (primary N) is 1. The second kappa shape index (κ2) is 4.59. The molecule has 0 atom stereocenters. The summed E-state index contributed by atoms with van der Waals surface area (Å²) in [5.41, 5.74) is 8.19. The average molecular weight is 268 g/mol. The molecule has 2 rings (SSSR count). The van der Waals surface area contributed by atoms with Gasteiger partial charge in [-0.25, -0.2) is 0 Å². The van der Waals surface area contributed by atoms with E-state index in [-0.39, 0.29) is 12.3 Å². The quantitative estimate of drug-likeness (QED) is 0.873. The van der Waals surface area contributed by atoms with E-state index in [1.165, 1.54) is 0 Å². The molecule has 6 heteroatoms. The third-order valence-corrected chi connectivity index (χ3v) is 3.62. The molecule has 0 spiro atoms. The van der Waals surface area contributed by atoms with Gasteiger partial charge in [-0.2, -0.15) is 4.98 Å². The van der Waals surface area contributed by atoms with Gasteiger partial charge in [-0.05, 0) is 37.5 Å². The van der Waals surface area contributed by atoms with Gasteiger partial charge in [0.05, 0.1) is 12.1 Å². The number of aromatic hydroxyl groups is 1. The van der Waals surface area contributed by atoms with E-state index in [1.807, 2.05) is 13.8 Å². The summed E-state index contributed by atoms with van der Waals surface area (Å²) in [5.74, 6) is 0.743. The van der Waals surface area contributed by atoms with Crippen molar-refractivity contribution < 1.29 is 9.63 Å². The van der Waals surface area contributed by atoms with E-state index >= 15 is 0 Å².